The Hall–Kier alpha value is -1.63. The van der Waals surface area contributed by atoms with Crippen molar-refractivity contribution in [1.29, 1.82) is 0 Å². The number of aromatic nitrogens is 1. The molecule has 22 heavy (non-hydrogen) atoms. The average Bonchev–Trinajstić information content (AvgIpc) is 2.59. The minimum atomic E-state index is 0.189. The lowest BCUT2D eigenvalue weighted by atomic mass is 9.71. The van der Waals surface area contributed by atoms with E-state index in [0.717, 1.165) is 6.42 Å². The number of benzene rings is 1. The summed E-state index contributed by atoms with van der Waals surface area (Å²) in [5.74, 6) is 0. The van der Waals surface area contributed by atoms with Crippen LogP contribution in [-0.4, -0.2) is 4.98 Å². The molecule has 1 heterocycles. The Morgan fingerprint density at radius 1 is 0.818 bits per heavy atom. The first-order chi connectivity index (χ1) is 10.8. The fourth-order valence-corrected chi connectivity index (χ4v) is 3.34. The fourth-order valence-electron chi connectivity index (χ4n) is 3.34. The molecule has 0 aliphatic heterocycles. The Kier molecular flexibility index (Phi) is 6.64. The molecule has 1 aromatic carbocycles. The summed E-state index contributed by atoms with van der Waals surface area (Å²) in [7, 11) is 0. The lowest BCUT2D eigenvalue weighted by Crippen LogP contribution is -2.30. The molecule has 118 valence electrons. The normalized spacial score (nSPS) is 11.5. The Balaban J connectivity index is 2.34. The van der Waals surface area contributed by atoms with Crippen LogP contribution in [-0.2, 0) is 11.8 Å². The maximum atomic E-state index is 4.75. The van der Waals surface area contributed by atoms with E-state index in [4.69, 9.17) is 4.98 Å². The molecule has 0 amide bonds. The van der Waals surface area contributed by atoms with Crippen LogP contribution in [0.4, 0.5) is 0 Å². The number of rotatable bonds is 9. The molecule has 0 bridgehead atoms. The zero-order valence-electron chi connectivity index (χ0n) is 14.1. The van der Waals surface area contributed by atoms with Crippen LogP contribution in [0.5, 0.6) is 0 Å². The van der Waals surface area contributed by atoms with Crippen molar-refractivity contribution in [1.82, 2.24) is 4.98 Å². The molecule has 1 aromatic heterocycles. The summed E-state index contributed by atoms with van der Waals surface area (Å²) in [6, 6.07) is 17.3. The van der Waals surface area contributed by atoms with E-state index in [1.54, 1.807) is 0 Å². The molecule has 0 aliphatic rings. The third kappa shape index (κ3) is 4.43. The van der Waals surface area contributed by atoms with Crippen LogP contribution in [0, 0.1) is 0 Å². The van der Waals surface area contributed by atoms with Crippen LogP contribution in [0.25, 0.3) is 0 Å². The minimum Gasteiger partial charge on any atom is -0.261 e. The first-order valence-electron chi connectivity index (χ1n) is 8.76. The van der Waals surface area contributed by atoms with Gasteiger partial charge in [0.25, 0.3) is 0 Å². The van der Waals surface area contributed by atoms with Gasteiger partial charge >= 0.3 is 0 Å². The van der Waals surface area contributed by atoms with Crippen LogP contribution in [0.2, 0.25) is 0 Å². The van der Waals surface area contributed by atoms with Gasteiger partial charge in [-0.2, -0.15) is 0 Å². The van der Waals surface area contributed by atoms with Crippen molar-refractivity contribution in [3.8, 4) is 0 Å². The highest BCUT2D eigenvalue weighted by atomic mass is 14.7. The molecular formula is C21H29N. The topological polar surface area (TPSA) is 12.9 Å². The number of hydrogen-bond donors (Lipinski definition) is 0. The summed E-state index contributed by atoms with van der Waals surface area (Å²) in [4.78, 5) is 4.75. The first-order valence-corrected chi connectivity index (χ1v) is 8.76. The molecule has 0 atom stereocenters. The van der Waals surface area contributed by atoms with E-state index in [1.807, 2.05) is 12.3 Å². The van der Waals surface area contributed by atoms with Crippen LogP contribution in [0.1, 0.15) is 63.6 Å². The smallest absolute Gasteiger partial charge is 0.0468 e. The van der Waals surface area contributed by atoms with Crippen molar-refractivity contribution >= 4 is 0 Å². The summed E-state index contributed by atoms with van der Waals surface area (Å²) in [5, 5.41) is 0. The zero-order chi connectivity index (χ0) is 15.7. The van der Waals surface area contributed by atoms with Gasteiger partial charge < -0.3 is 0 Å². The first kappa shape index (κ1) is 16.7. The molecule has 0 spiro atoms. The van der Waals surface area contributed by atoms with E-state index >= 15 is 0 Å². The van der Waals surface area contributed by atoms with Gasteiger partial charge in [0, 0.05) is 17.3 Å². The van der Waals surface area contributed by atoms with Gasteiger partial charge in [0.1, 0.15) is 0 Å². The summed E-state index contributed by atoms with van der Waals surface area (Å²) < 4.78 is 0. The Labute approximate surface area is 135 Å². The molecule has 0 radical (unpaired) electrons. The molecule has 0 fully saturated rings. The SMILES string of the molecule is CCCCC(CCCC)(Cc1ccccc1)c1ccccn1. The molecular weight excluding hydrogens is 266 g/mol. The number of hydrogen-bond acceptors (Lipinski definition) is 1. The molecule has 0 N–H and O–H groups in total. The quantitative estimate of drug-likeness (QED) is 0.557. The third-order valence-corrected chi connectivity index (χ3v) is 4.61. The highest BCUT2D eigenvalue weighted by Gasteiger charge is 2.32. The van der Waals surface area contributed by atoms with E-state index in [-0.39, 0.29) is 5.41 Å². The lowest BCUT2D eigenvalue weighted by Gasteiger charge is -2.34. The van der Waals surface area contributed by atoms with Crippen LogP contribution in [0.15, 0.2) is 54.7 Å². The van der Waals surface area contributed by atoms with Crippen molar-refractivity contribution in [3.63, 3.8) is 0 Å². The second kappa shape index (κ2) is 8.73. The van der Waals surface area contributed by atoms with Gasteiger partial charge in [-0.1, -0.05) is 75.9 Å². The maximum Gasteiger partial charge on any atom is 0.0468 e. The van der Waals surface area contributed by atoms with Gasteiger partial charge in [-0.3, -0.25) is 4.98 Å². The Bertz CT molecular complexity index is 510. The van der Waals surface area contributed by atoms with Crippen LogP contribution in [0.3, 0.4) is 0 Å². The molecule has 1 heteroatoms. The predicted molar refractivity (Wildman–Crippen MR) is 95.1 cm³/mol. The highest BCUT2D eigenvalue weighted by Crippen LogP contribution is 2.37. The van der Waals surface area contributed by atoms with Crippen molar-refractivity contribution in [3.05, 3.63) is 66.0 Å². The summed E-state index contributed by atoms with van der Waals surface area (Å²) in [5.41, 5.74) is 2.90. The third-order valence-electron chi connectivity index (χ3n) is 4.61. The molecule has 0 saturated heterocycles. The Morgan fingerprint density at radius 2 is 1.45 bits per heavy atom. The standard InChI is InChI=1S/C21H29N/c1-3-5-15-21(16-6-4-2,20-14-10-11-17-22-20)18-19-12-8-7-9-13-19/h7-14,17H,3-6,15-16,18H2,1-2H3. The van der Waals surface area contributed by atoms with Gasteiger partial charge in [0.15, 0.2) is 0 Å². The second-order valence-corrected chi connectivity index (χ2v) is 6.36. The maximum absolute atomic E-state index is 4.75. The van der Waals surface area contributed by atoms with Gasteiger partial charge in [-0.05, 0) is 37.0 Å². The highest BCUT2D eigenvalue weighted by molar-refractivity contribution is 5.25. The molecule has 2 aromatic rings. The molecule has 0 saturated carbocycles. The van der Waals surface area contributed by atoms with Crippen molar-refractivity contribution in [2.24, 2.45) is 0 Å². The van der Waals surface area contributed by atoms with Gasteiger partial charge in [0.2, 0.25) is 0 Å². The second-order valence-electron chi connectivity index (χ2n) is 6.36. The Morgan fingerprint density at radius 3 is 2.00 bits per heavy atom. The van der Waals surface area contributed by atoms with Gasteiger partial charge in [-0.25, -0.2) is 0 Å². The van der Waals surface area contributed by atoms with Crippen molar-refractivity contribution in [2.45, 2.75) is 64.2 Å². The minimum absolute atomic E-state index is 0.189. The summed E-state index contributed by atoms with van der Waals surface area (Å²) >= 11 is 0. The van der Waals surface area contributed by atoms with E-state index in [1.165, 1.54) is 49.8 Å². The van der Waals surface area contributed by atoms with E-state index in [0.29, 0.717) is 0 Å². The van der Waals surface area contributed by atoms with Gasteiger partial charge in [0.05, 0.1) is 0 Å². The monoisotopic (exact) mass is 295 g/mol. The van der Waals surface area contributed by atoms with Crippen molar-refractivity contribution in [2.75, 3.05) is 0 Å². The number of nitrogens with zero attached hydrogens (tertiary/aromatic N) is 1. The average molecular weight is 295 g/mol. The summed E-state index contributed by atoms with van der Waals surface area (Å²) in [6.07, 6.45) is 10.5. The van der Waals surface area contributed by atoms with E-state index in [9.17, 15) is 0 Å². The fraction of sp³-hybridized carbons (Fsp3) is 0.476. The number of unbranched alkanes of at least 4 members (excludes halogenated alkanes) is 2. The van der Waals surface area contributed by atoms with E-state index in [2.05, 4.69) is 56.3 Å². The molecule has 1 nitrogen and oxygen atoms in total. The molecule has 0 unspecified atom stereocenters. The van der Waals surface area contributed by atoms with Crippen LogP contribution < -0.4 is 0 Å². The van der Waals surface area contributed by atoms with Crippen LogP contribution >= 0.6 is 0 Å². The van der Waals surface area contributed by atoms with Crippen molar-refractivity contribution < 1.29 is 0 Å². The molecule has 2 rings (SSSR count). The zero-order valence-corrected chi connectivity index (χ0v) is 14.1. The van der Waals surface area contributed by atoms with Gasteiger partial charge in [-0.15, -0.1) is 0 Å². The molecule has 0 aliphatic carbocycles. The largest absolute Gasteiger partial charge is 0.261 e. The number of pyridine rings is 1. The lowest BCUT2D eigenvalue weighted by molar-refractivity contribution is 0.330. The summed E-state index contributed by atoms with van der Waals surface area (Å²) in [6.45, 7) is 4.57. The predicted octanol–water partition coefficient (Wildman–Crippen LogP) is 5.94. The van der Waals surface area contributed by atoms with E-state index < -0.39 is 0 Å².